The van der Waals surface area contributed by atoms with Gasteiger partial charge in [0.15, 0.2) is 10.9 Å². The summed E-state index contributed by atoms with van der Waals surface area (Å²) in [6.07, 6.45) is 6.55. The summed E-state index contributed by atoms with van der Waals surface area (Å²) >= 11 is 1.42. The maximum Gasteiger partial charge on any atom is 0.253 e. The fourth-order valence-electron chi connectivity index (χ4n) is 4.47. The van der Waals surface area contributed by atoms with Crippen LogP contribution in [-0.2, 0) is 17.8 Å². The standard InChI is InChI=1S/C24H23N5O3S/c30-23(15-33-24-26-25-22-10-2-1-5-11-28(22)24)29-18(20-9-6-12-31-20)14-17(27-29)21-13-16-7-3-4-8-19(16)32-21/h3-4,6-9,12-13,18H,1-2,5,10-11,14-15H2/t18-/m0/s1. The molecular formula is C24H23N5O3S. The van der Waals surface area contributed by atoms with Gasteiger partial charge in [0.1, 0.15) is 28.9 Å². The predicted octanol–water partition coefficient (Wildman–Crippen LogP) is 4.81. The summed E-state index contributed by atoms with van der Waals surface area (Å²) in [5.74, 6) is 2.53. The van der Waals surface area contributed by atoms with Gasteiger partial charge in [-0.2, -0.15) is 5.10 Å². The number of nitrogens with zero attached hydrogens (tertiary/aromatic N) is 5. The van der Waals surface area contributed by atoms with Crippen molar-refractivity contribution in [3.05, 3.63) is 66.1 Å². The Balaban J connectivity index is 1.25. The first-order valence-electron chi connectivity index (χ1n) is 11.2. The number of aryl methyl sites for hydroxylation is 1. The molecule has 9 heteroatoms. The van der Waals surface area contributed by atoms with Gasteiger partial charge in [-0.05, 0) is 37.1 Å². The van der Waals surface area contributed by atoms with E-state index in [1.54, 1.807) is 6.26 Å². The van der Waals surface area contributed by atoms with Crippen LogP contribution in [0.15, 0.2) is 67.8 Å². The number of fused-ring (bicyclic) bond motifs is 2. The molecule has 0 unspecified atom stereocenters. The van der Waals surface area contributed by atoms with Crippen LogP contribution in [0.25, 0.3) is 11.0 Å². The van der Waals surface area contributed by atoms with Crippen LogP contribution < -0.4 is 0 Å². The molecule has 0 radical (unpaired) electrons. The molecule has 2 aliphatic rings. The van der Waals surface area contributed by atoms with Crippen molar-refractivity contribution in [2.45, 2.75) is 49.8 Å². The number of hydrogen-bond donors (Lipinski definition) is 0. The van der Waals surface area contributed by atoms with E-state index in [1.165, 1.54) is 23.2 Å². The van der Waals surface area contributed by atoms with Gasteiger partial charge in [0.25, 0.3) is 5.91 Å². The van der Waals surface area contributed by atoms with Crippen molar-refractivity contribution in [3.8, 4) is 0 Å². The number of thioether (sulfide) groups is 1. The molecule has 4 aromatic rings. The fourth-order valence-corrected chi connectivity index (χ4v) is 5.31. The van der Waals surface area contributed by atoms with Crippen molar-refractivity contribution < 1.29 is 13.6 Å². The molecule has 1 atom stereocenters. The zero-order chi connectivity index (χ0) is 22.2. The summed E-state index contributed by atoms with van der Waals surface area (Å²) in [6, 6.07) is 13.2. The van der Waals surface area contributed by atoms with Gasteiger partial charge in [-0.1, -0.05) is 36.4 Å². The zero-order valence-corrected chi connectivity index (χ0v) is 18.8. The zero-order valence-electron chi connectivity index (χ0n) is 18.0. The summed E-state index contributed by atoms with van der Waals surface area (Å²) in [5.41, 5.74) is 1.54. The highest BCUT2D eigenvalue weighted by Gasteiger charge is 2.36. The van der Waals surface area contributed by atoms with E-state index in [0.29, 0.717) is 17.9 Å². The Morgan fingerprint density at radius 1 is 1.12 bits per heavy atom. The summed E-state index contributed by atoms with van der Waals surface area (Å²) in [4.78, 5) is 13.3. The lowest BCUT2D eigenvalue weighted by molar-refractivity contribution is -0.130. The van der Waals surface area contributed by atoms with Crippen LogP contribution in [0.1, 0.15) is 49.1 Å². The second kappa shape index (κ2) is 8.55. The van der Waals surface area contributed by atoms with E-state index in [2.05, 4.69) is 19.9 Å². The number of hydrogen-bond acceptors (Lipinski definition) is 7. The normalized spacial score (nSPS) is 18.4. The average molecular weight is 462 g/mol. The van der Waals surface area contributed by atoms with Crippen molar-refractivity contribution in [1.82, 2.24) is 19.8 Å². The minimum atomic E-state index is -0.299. The summed E-state index contributed by atoms with van der Waals surface area (Å²) < 4.78 is 13.8. The highest BCUT2D eigenvalue weighted by molar-refractivity contribution is 7.99. The third-order valence-electron chi connectivity index (χ3n) is 6.15. The van der Waals surface area contributed by atoms with Crippen molar-refractivity contribution in [2.75, 3.05) is 5.75 Å². The Bertz CT molecular complexity index is 1290. The molecule has 2 aliphatic heterocycles. The highest BCUT2D eigenvalue weighted by atomic mass is 32.2. The molecule has 0 fully saturated rings. The summed E-state index contributed by atoms with van der Waals surface area (Å²) in [7, 11) is 0. The summed E-state index contributed by atoms with van der Waals surface area (Å²) in [5, 5.41) is 16.7. The average Bonchev–Trinajstić information content (AvgIpc) is 3.61. The number of amides is 1. The highest BCUT2D eigenvalue weighted by Crippen LogP contribution is 2.35. The number of carbonyl (C=O) groups is 1. The Labute approximate surface area is 194 Å². The monoisotopic (exact) mass is 461 g/mol. The molecule has 168 valence electrons. The van der Waals surface area contributed by atoms with Crippen molar-refractivity contribution in [3.63, 3.8) is 0 Å². The molecule has 3 aromatic heterocycles. The van der Waals surface area contributed by atoms with E-state index in [1.807, 2.05) is 42.5 Å². The van der Waals surface area contributed by atoms with Crippen LogP contribution in [0.5, 0.6) is 0 Å². The third kappa shape index (κ3) is 3.86. The second-order valence-corrected chi connectivity index (χ2v) is 9.26. The molecule has 0 spiro atoms. The molecular weight excluding hydrogens is 438 g/mol. The minimum Gasteiger partial charge on any atom is -0.467 e. The van der Waals surface area contributed by atoms with Gasteiger partial charge >= 0.3 is 0 Å². The first-order valence-corrected chi connectivity index (χ1v) is 12.2. The molecule has 1 aromatic carbocycles. The van der Waals surface area contributed by atoms with E-state index >= 15 is 0 Å². The smallest absolute Gasteiger partial charge is 0.253 e. The van der Waals surface area contributed by atoms with E-state index < -0.39 is 0 Å². The lowest BCUT2D eigenvalue weighted by Crippen LogP contribution is -2.28. The van der Waals surface area contributed by atoms with Crippen LogP contribution in [0.4, 0.5) is 0 Å². The number of furan rings is 2. The van der Waals surface area contributed by atoms with E-state index in [0.717, 1.165) is 53.5 Å². The van der Waals surface area contributed by atoms with Gasteiger partial charge in [0, 0.05) is 24.8 Å². The van der Waals surface area contributed by atoms with Gasteiger partial charge in [0.2, 0.25) is 0 Å². The van der Waals surface area contributed by atoms with Gasteiger partial charge in [0.05, 0.1) is 12.0 Å². The van der Waals surface area contributed by atoms with Gasteiger partial charge < -0.3 is 13.4 Å². The summed E-state index contributed by atoms with van der Waals surface area (Å²) in [6.45, 7) is 0.909. The van der Waals surface area contributed by atoms with E-state index in [4.69, 9.17) is 8.83 Å². The Kier molecular flexibility index (Phi) is 5.26. The molecule has 0 aliphatic carbocycles. The largest absolute Gasteiger partial charge is 0.467 e. The third-order valence-corrected chi connectivity index (χ3v) is 7.10. The van der Waals surface area contributed by atoms with Gasteiger partial charge in [-0.25, -0.2) is 5.01 Å². The van der Waals surface area contributed by atoms with Crippen LogP contribution in [0, 0.1) is 0 Å². The molecule has 0 saturated carbocycles. The van der Waals surface area contributed by atoms with Crippen molar-refractivity contribution in [2.24, 2.45) is 5.10 Å². The SMILES string of the molecule is O=C(CSc1nnc2n1CCCCC2)N1N=C(c2cc3ccccc3o2)C[C@H]1c1ccco1. The number of para-hydroxylation sites is 1. The first-order chi connectivity index (χ1) is 16.3. The number of rotatable bonds is 5. The number of carbonyl (C=O) groups excluding carboxylic acids is 1. The number of benzene rings is 1. The first kappa shape index (κ1) is 20.3. The molecule has 0 N–H and O–H groups in total. The molecule has 0 bridgehead atoms. The molecule has 8 nitrogen and oxygen atoms in total. The Morgan fingerprint density at radius 2 is 2.06 bits per heavy atom. The topological polar surface area (TPSA) is 89.7 Å². The quantitative estimate of drug-likeness (QED) is 0.396. The van der Waals surface area contributed by atoms with Gasteiger partial charge in [-0.3, -0.25) is 4.79 Å². The Morgan fingerprint density at radius 3 is 2.94 bits per heavy atom. The molecule has 0 saturated heterocycles. The molecule has 6 rings (SSSR count). The van der Waals surface area contributed by atoms with Crippen LogP contribution >= 0.6 is 11.8 Å². The van der Waals surface area contributed by atoms with Gasteiger partial charge in [-0.15, -0.1) is 10.2 Å². The van der Waals surface area contributed by atoms with Crippen molar-refractivity contribution >= 4 is 34.3 Å². The maximum absolute atomic E-state index is 13.3. The molecule has 5 heterocycles. The van der Waals surface area contributed by atoms with Crippen LogP contribution in [0.2, 0.25) is 0 Å². The van der Waals surface area contributed by atoms with E-state index in [9.17, 15) is 4.79 Å². The number of aromatic nitrogens is 3. The lowest BCUT2D eigenvalue weighted by Gasteiger charge is -2.19. The van der Waals surface area contributed by atoms with Crippen LogP contribution in [0.3, 0.4) is 0 Å². The van der Waals surface area contributed by atoms with Crippen LogP contribution in [-0.4, -0.2) is 37.1 Å². The predicted molar refractivity (Wildman–Crippen MR) is 124 cm³/mol. The second-order valence-electron chi connectivity index (χ2n) is 8.32. The number of hydrazone groups is 1. The van der Waals surface area contributed by atoms with E-state index in [-0.39, 0.29) is 17.7 Å². The molecule has 33 heavy (non-hydrogen) atoms. The lowest BCUT2D eigenvalue weighted by atomic mass is 10.1. The maximum atomic E-state index is 13.3. The molecule has 1 amide bonds. The Hall–Kier alpha value is -3.33. The minimum absolute atomic E-state index is 0.0986. The fraction of sp³-hybridized carbons (Fsp3) is 0.333. The van der Waals surface area contributed by atoms with Crippen molar-refractivity contribution in [1.29, 1.82) is 0 Å².